The number of ether oxygens (including phenoxy) is 1. The number of aliphatic hydroxyl groups excluding tert-OH is 1. The van der Waals surface area contributed by atoms with Crippen LogP contribution < -0.4 is 0 Å². The van der Waals surface area contributed by atoms with Crippen LogP contribution in [0, 0.1) is 0 Å². The Hall–Kier alpha value is -2.99. The van der Waals surface area contributed by atoms with Crippen molar-refractivity contribution in [3.63, 3.8) is 0 Å². The summed E-state index contributed by atoms with van der Waals surface area (Å²) < 4.78 is 5.44. The highest BCUT2D eigenvalue weighted by Crippen LogP contribution is 2.33. The van der Waals surface area contributed by atoms with E-state index in [4.69, 9.17) is 9.84 Å². The van der Waals surface area contributed by atoms with Gasteiger partial charge in [0.15, 0.2) is 0 Å². The Labute approximate surface area is 189 Å². The molecule has 1 heterocycles. The van der Waals surface area contributed by atoms with E-state index in [-0.39, 0.29) is 12.0 Å². The van der Waals surface area contributed by atoms with Gasteiger partial charge in [0.1, 0.15) is 17.1 Å². The van der Waals surface area contributed by atoms with Crippen LogP contribution in [0.3, 0.4) is 0 Å². The minimum atomic E-state index is -0.465. The average molecular weight is 436 g/mol. The third-order valence-corrected chi connectivity index (χ3v) is 5.71. The highest BCUT2D eigenvalue weighted by molar-refractivity contribution is 5.87. The van der Waals surface area contributed by atoms with Crippen LogP contribution in [0.15, 0.2) is 48.6 Å². The topological polar surface area (TPSA) is 77.2 Å². The molecule has 0 amide bonds. The Morgan fingerprint density at radius 1 is 1.09 bits per heavy atom. The maximum absolute atomic E-state index is 11.9. The van der Waals surface area contributed by atoms with Crippen LogP contribution in [-0.2, 0) is 20.4 Å². The summed E-state index contributed by atoms with van der Waals surface area (Å²) in [7, 11) is 0. The summed E-state index contributed by atoms with van der Waals surface area (Å²) >= 11 is 0. The van der Waals surface area contributed by atoms with E-state index in [9.17, 15) is 9.90 Å². The normalized spacial score (nSPS) is 13.2. The Kier molecular flexibility index (Phi) is 6.29. The van der Waals surface area contributed by atoms with E-state index in [2.05, 4.69) is 44.6 Å². The third kappa shape index (κ3) is 4.75. The molecular formula is C26H33N3O3. The molecule has 1 aromatic heterocycles. The van der Waals surface area contributed by atoms with Gasteiger partial charge in [0.25, 0.3) is 0 Å². The fourth-order valence-corrected chi connectivity index (χ4v) is 3.43. The molecule has 3 rings (SSSR count). The summed E-state index contributed by atoms with van der Waals surface area (Å²) in [5.41, 5.74) is 5.14. The number of nitrogens with zero attached hydrogens (tertiary/aromatic N) is 3. The van der Waals surface area contributed by atoms with Crippen molar-refractivity contribution in [1.29, 1.82) is 0 Å². The molecule has 0 bridgehead atoms. The summed E-state index contributed by atoms with van der Waals surface area (Å²) in [5.74, 6) is -0.420. The van der Waals surface area contributed by atoms with Gasteiger partial charge in [-0.1, -0.05) is 59.4 Å². The van der Waals surface area contributed by atoms with Gasteiger partial charge in [0.2, 0.25) is 0 Å². The number of carbonyl (C=O) groups is 1. The summed E-state index contributed by atoms with van der Waals surface area (Å²) in [5, 5.41) is 19.4. The molecule has 2 aromatic carbocycles. The van der Waals surface area contributed by atoms with Crippen molar-refractivity contribution in [2.75, 3.05) is 6.61 Å². The SMILES string of the molecule is C=C(C)C(=O)OC(C)c1ccc2nn(-c3ccc(C(C)(C)C)cc3C(C)(C)CO)nc2c1. The molecular weight excluding hydrogens is 402 g/mol. The van der Waals surface area contributed by atoms with E-state index in [1.807, 2.05) is 45.0 Å². The first-order chi connectivity index (χ1) is 14.8. The fourth-order valence-electron chi connectivity index (χ4n) is 3.43. The number of aromatic nitrogens is 3. The lowest BCUT2D eigenvalue weighted by molar-refractivity contribution is -0.143. The molecule has 32 heavy (non-hydrogen) atoms. The van der Waals surface area contributed by atoms with E-state index < -0.39 is 17.5 Å². The monoisotopic (exact) mass is 435 g/mol. The molecule has 1 N–H and O–H groups in total. The van der Waals surface area contributed by atoms with Gasteiger partial charge in [-0.05, 0) is 54.2 Å². The highest BCUT2D eigenvalue weighted by atomic mass is 16.5. The van der Waals surface area contributed by atoms with E-state index in [0.29, 0.717) is 11.1 Å². The number of rotatable bonds is 6. The lowest BCUT2D eigenvalue weighted by Gasteiger charge is -2.28. The number of carbonyl (C=O) groups excluding carboxylic acids is 1. The minimum absolute atomic E-state index is 0.00410. The predicted molar refractivity (Wildman–Crippen MR) is 127 cm³/mol. The first-order valence-corrected chi connectivity index (χ1v) is 10.8. The molecule has 0 spiro atoms. The molecule has 0 saturated heterocycles. The van der Waals surface area contributed by atoms with Crippen molar-refractivity contribution in [1.82, 2.24) is 15.0 Å². The van der Waals surface area contributed by atoms with Crippen molar-refractivity contribution in [3.8, 4) is 5.69 Å². The molecule has 0 fully saturated rings. The zero-order valence-corrected chi connectivity index (χ0v) is 20.1. The van der Waals surface area contributed by atoms with Crippen molar-refractivity contribution in [2.45, 2.75) is 65.4 Å². The van der Waals surface area contributed by atoms with Gasteiger partial charge >= 0.3 is 5.97 Å². The van der Waals surface area contributed by atoms with Crippen molar-refractivity contribution in [2.24, 2.45) is 0 Å². The Balaban J connectivity index is 2.06. The summed E-state index contributed by atoms with van der Waals surface area (Å²) in [6.07, 6.45) is -0.427. The number of esters is 1. The Morgan fingerprint density at radius 2 is 1.75 bits per heavy atom. The summed E-state index contributed by atoms with van der Waals surface area (Å²) in [4.78, 5) is 13.5. The highest BCUT2D eigenvalue weighted by Gasteiger charge is 2.27. The van der Waals surface area contributed by atoms with Crippen molar-refractivity contribution < 1.29 is 14.6 Å². The summed E-state index contributed by atoms with van der Waals surface area (Å²) in [6.45, 7) is 17.6. The number of benzene rings is 2. The number of aliphatic hydroxyl groups is 1. The Bertz CT molecular complexity index is 1170. The number of hydrogen-bond donors (Lipinski definition) is 1. The van der Waals surface area contributed by atoms with Gasteiger partial charge in [-0.3, -0.25) is 0 Å². The standard InChI is InChI=1S/C26H33N3O3/c1-16(2)24(31)32-17(3)18-9-11-21-22(13-18)28-29(27-21)23-12-10-19(25(4,5)6)14-20(23)26(7,8)15-30/h9-14,17,30H,1,15H2,2-8H3. The van der Waals surface area contributed by atoms with Crippen LogP contribution in [0.25, 0.3) is 16.7 Å². The molecule has 0 aliphatic rings. The quantitative estimate of drug-likeness (QED) is 0.427. The lowest BCUT2D eigenvalue weighted by atomic mass is 9.79. The second kappa shape index (κ2) is 8.51. The van der Waals surface area contributed by atoms with Gasteiger partial charge in [-0.25, -0.2) is 4.79 Å². The molecule has 1 unspecified atom stereocenters. The van der Waals surface area contributed by atoms with Gasteiger partial charge in [-0.2, -0.15) is 4.80 Å². The van der Waals surface area contributed by atoms with Crippen LogP contribution in [0.1, 0.15) is 71.3 Å². The van der Waals surface area contributed by atoms with E-state index in [1.165, 1.54) is 5.56 Å². The number of fused-ring (bicyclic) bond motifs is 1. The van der Waals surface area contributed by atoms with Gasteiger partial charge in [0.05, 0.1) is 12.3 Å². The molecule has 3 aromatic rings. The third-order valence-electron chi connectivity index (χ3n) is 5.71. The molecule has 170 valence electrons. The maximum atomic E-state index is 11.9. The second-order valence-corrected chi connectivity index (χ2v) is 10.1. The molecule has 0 aliphatic carbocycles. The minimum Gasteiger partial charge on any atom is -0.454 e. The first-order valence-electron chi connectivity index (χ1n) is 10.8. The molecule has 0 aliphatic heterocycles. The van der Waals surface area contributed by atoms with Crippen LogP contribution in [0.2, 0.25) is 0 Å². The first kappa shape index (κ1) is 23.7. The van der Waals surface area contributed by atoms with E-state index >= 15 is 0 Å². The van der Waals surface area contributed by atoms with Crippen LogP contribution in [-0.4, -0.2) is 32.7 Å². The smallest absolute Gasteiger partial charge is 0.333 e. The molecule has 1 atom stereocenters. The van der Waals surface area contributed by atoms with E-state index in [1.54, 1.807) is 11.7 Å². The average Bonchev–Trinajstić information content (AvgIpc) is 3.15. The van der Waals surface area contributed by atoms with Crippen molar-refractivity contribution in [3.05, 3.63) is 65.2 Å². The predicted octanol–water partition coefficient (Wildman–Crippen LogP) is 5.17. The number of hydrogen-bond acceptors (Lipinski definition) is 5. The zero-order chi connectivity index (χ0) is 23.8. The second-order valence-electron chi connectivity index (χ2n) is 10.1. The van der Waals surface area contributed by atoms with Gasteiger partial charge in [-0.15, -0.1) is 10.2 Å². The summed E-state index contributed by atoms with van der Waals surface area (Å²) in [6, 6.07) is 11.9. The van der Waals surface area contributed by atoms with Gasteiger partial charge in [0, 0.05) is 11.0 Å². The van der Waals surface area contributed by atoms with Crippen LogP contribution in [0.4, 0.5) is 0 Å². The molecule has 6 nitrogen and oxygen atoms in total. The largest absolute Gasteiger partial charge is 0.454 e. The molecule has 6 heteroatoms. The van der Waals surface area contributed by atoms with Crippen LogP contribution in [0.5, 0.6) is 0 Å². The molecule has 0 radical (unpaired) electrons. The van der Waals surface area contributed by atoms with Crippen LogP contribution >= 0.6 is 0 Å². The Morgan fingerprint density at radius 3 is 2.34 bits per heavy atom. The van der Waals surface area contributed by atoms with Gasteiger partial charge < -0.3 is 9.84 Å². The zero-order valence-electron chi connectivity index (χ0n) is 20.1. The fraction of sp³-hybridized carbons (Fsp3) is 0.423. The van der Waals surface area contributed by atoms with Crippen molar-refractivity contribution >= 4 is 17.0 Å². The maximum Gasteiger partial charge on any atom is 0.333 e. The molecule has 0 saturated carbocycles. The lowest BCUT2D eigenvalue weighted by Crippen LogP contribution is -2.26. The van der Waals surface area contributed by atoms with E-state index in [0.717, 1.165) is 22.3 Å².